The third kappa shape index (κ3) is 2.90. The number of piperazine rings is 1. The van der Waals surface area contributed by atoms with Crippen LogP contribution in [-0.4, -0.2) is 42.9 Å². The Labute approximate surface area is 117 Å². The first-order valence-corrected chi connectivity index (χ1v) is 6.88. The summed E-state index contributed by atoms with van der Waals surface area (Å²) in [5.41, 5.74) is 2.24. The van der Waals surface area contributed by atoms with E-state index in [-0.39, 0.29) is 11.8 Å². The number of aryl methyl sites for hydroxylation is 1. The van der Waals surface area contributed by atoms with Gasteiger partial charge in [0.1, 0.15) is 5.88 Å². The van der Waals surface area contributed by atoms with Gasteiger partial charge in [-0.05, 0) is 30.7 Å². The Kier molecular flexibility index (Phi) is 4.36. The first-order valence-electron chi connectivity index (χ1n) is 5.96. The van der Waals surface area contributed by atoms with E-state index in [1.807, 2.05) is 24.0 Å². The molecule has 1 fully saturated rings. The van der Waals surface area contributed by atoms with Gasteiger partial charge in [0, 0.05) is 36.9 Å². The number of amides is 1. The van der Waals surface area contributed by atoms with Gasteiger partial charge in [0.2, 0.25) is 5.91 Å². The fraction of sp³-hybridized carbons (Fsp3) is 0.462. The molecule has 0 saturated carbocycles. The summed E-state index contributed by atoms with van der Waals surface area (Å²) in [4.78, 5) is 15.5. The number of hydrogen-bond donors (Lipinski definition) is 0. The quantitative estimate of drug-likeness (QED) is 0.780. The zero-order valence-corrected chi connectivity index (χ0v) is 11.8. The lowest BCUT2D eigenvalue weighted by molar-refractivity contribution is -0.128. The molecule has 18 heavy (non-hydrogen) atoms. The number of carbonyl (C=O) groups excluding carboxylic acids is 1. The minimum absolute atomic E-state index is 0.0172. The fourth-order valence-electron chi connectivity index (χ4n) is 2.12. The van der Waals surface area contributed by atoms with Crippen LogP contribution in [0, 0.1) is 6.92 Å². The van der Waals surface area contributed by atoms with Crippen LogP contribution in [0.4, 0.5) is 5.69 Å². The Morgan fingerprint density at radius 1 is 1.28 bits per heavy atom. The molecule has 0 aliphatic carbocycles. The number of nitrogens with zero attached hydrogens (tertiary/aromatic N) is 2. The lowest BCUT2D eigenvalue weighted by Gasteiger charge is -2.36. The summed E-state index contributed by atoms with van der Waals surface area (Å²) in [7, 11) is 0. The highest BCUT2D eigenvalue weighted by molar-refractivity contribution is 6.31. The van der Waals surface area contributed by atoms with Crippen molar-refractivity contribution in [1.29, 1.82) is 0 Å². The lowest BCUT2D eigenvalue weighted by Crippen LogP contribution is -2.49. The van der Waals surface area contributed by atoms with Crippen LogP contribution in [0.3, 0.4) is 0 Å². The van der Waals surface area contributed by atoms with Crippen molar-refractivity contribution in [1.82, 2.24) is 4.90 Å². The highest BCUT2D eigenvalue weighted by Crippen LogP contribution is 2.23. The van der Waals surface area contributed by atoms with Crippen molar-refractivity contribution in [3.8, 4) is 0 Å². The molecular weight excluding hydrogens is 271 g/mol. The zero-order chi connectivity index (χ0) is 13.1. The predicted octanol–water partition coefficient (Wildman–Crippen LogP) is 2.54. The molecule has 1 aromatic rings. The average molecular weight is 287 g/mol. The van der Waals surface area contributed by atoms with Gasteiger partial charge in [0.15, 0.2) is 0 Å². The highest BCUT2D eigenvalue weighted by Gasteiger charge is 2.20. The molecule has 5 heteroatoms. The number of anilines is 1. The van der Waals surface area contributed by atoms with Crippen LogP contribution in [0.1, 0.15) is 5.56 Å². The van der Waals surface area contributed by atoms with Gasteiger partial charge in [-0.3, -0.25) is 4.79 Å². The van der Waals surface area contributed by atoms with E-state index < -0.39 is 0 Å². The van der Waals surface area contributed by atoms with Crippen molar-refractivity contribution >= 4 is 34.8 Å². The monoisotopic (exact) mass is 286 g/mol. The maximum atomic E-state index is 11.5. The molecule has 1 aliphatic rings. The van der Waals surface area contributed by atoms with Gasteiger partial charge in [-0.1, -0.05) is 11.6 Å². The zero-order valence-electron chi connectivity index (χ0n) is 10.3. The van der Waals surface area contributed by atoms with Crippen molar-refractivity contribution in [3.63, 3.8) is 0 Å². The number of rotatable bonds is 2. The Bertz CT molecular complexity index is 443. The van der Waals surface area contributed by atoms with Gasteiger partial charge >= 0.3 is 0 Å². The van der Waals surface area contributed by atoms with Crippen LogP contribution in [0.5, 0.6) is 0 Å². The van der Waals surface area contributed by atoms with Crippen LogP contribution < -0.4 is 4.90 Å². The molecular formula is C13H16Cl2N2O. The minimum atomic E-state index is 0.0172. The molecule has 1 amide bonds. The summed E-state index contributed by atoms with van der Waals surface area (Å²) in [6.07, 6.45) is 0. The van der Waals surface area contributed by atoms with Crippen molar-refractivity contribution in [2.75, 3.05) is 37.0 Å². The van der Waals surface area contributed by atoms with Crippen molar-refractivity contribution < 1.29 is 4.79 Å². The standard InChI is InChI=1S/C13H16Cl2N2O/c1-10-8-11(2-3-12(10)15)16-4-6-17(7-5-16)13(18)9-14/h2-3,8H,4-7,9H2,1H3. The summed E-state index contributed by atoms with van der Waals surface area (Å²) in [5, 5.41) is 0.787. The van der Waals surface area contributed by atoms with Gasteiger partial charge in [-0.15, -0.1) is 11.6 Å². The maximum absolute atomic E-state index is 11.5. The second-order valence-corrected chi connectivity index (χ2v) is 5.11. The van der Waals surface area contributed by atoms with E-state index in [9.17, 15) is 4.79 Å². The second-order valence-electron chi connectivity index (χ2n) is 4.43. The predicted molar refractivity (Wildman–Crippen MR) is 75.7 cm³/mol. The molecule has 98 valence electrons. The average Bonchev–Trinajstić information content (AvgIpc) is 2.41. The van der Waals surface area contributed by atoms with Crippen LogP contribution in [0.15, 0.2) is 18.2 Å². The number of hydrogen-bond acceptors (Lipinski definition) is 2. The molecule has 0 N–H and O–H groups in total. The van der Waals surface area contributed by atoms with Crippen LogP contribution in [0.2, 0.25) is 5.02 Å². The van der Waals surface area contributed by atoms with E-state index in [2.05, 4.69) is 11.0 Å². The first kappa shape index (κ1) is 13.5. The van der Waals surface area contributed by atoms with E-state index in [0.717, 1.165) is 42.5 Å². The van der Waals surface area contributed by atoms with Crippen LogP contribution in [-0.2, 0) is 4.79 Å². The third-order valence-electron chi connectivity index (χ3n) is 3.25. The van der Waals surface area contributed by atoms with E-state index in [0.29, 0.717) is 0 Å². The van der Waals surface area contributed by atoms with Gasteiger partial charge in [-0.2, -0.15) is 0 Å². The lowest BCUT2D eigenvalue weighted by atomic mass is 10.2. The molecule has 1 aromatic carbocycles. The summed E-state index contributed by atoms with van der Waals surface area (Å²) in [6.45, 7) is 5.13. The van der Waals surface area contributed by atoms with Gasteiger partial charge in [0.05, 0.1) is 0 Å². The largest absolute Gasteiger partial charge is 0.368 e. The van der Waals surface area contributed by atoms with Gasteiger partial charge in [0.25, 0.3) is 0 Å². The van der Waals surface area contributed by atoms with Crippen molar-refractivity contribution in [3.05, 3.63) is 28.8 Å². The van der Waals surface area contributed by atoms with E-state index in [4.69, 9.17) is 23.2 Å². The number of halogens is 2. The number of carbonyl (C=O) groups is 1. The van der Waals surface area contributed by atoms with Crippen LogP contribution in [0.25, 0.3) is 0 Å². The smallest absolute Gasteiger partial charge is 0.237 e. The van der Waals surface area contributed by atoms with E-state index >= 15 is 0 Å². The Hall–Kier alpha value is -0.930. The molecule has 0 radical (unpaired) electrons. The maximum Gasteiger partial charge on any atom is 0.237 e. The highest BCUT2D eigenvalue weighted by atomic mass is 35.5. The molecule has 1 heterocycles. The van der Waals surface area contributed by atoms with Crippen molar-refractivity contribution in [2.24, 2.45) is 0 Å². The fourth-order valence-corrected chi connectivity index (χ4v) is 2.41. The summed E-state index contributed by atoms with van der Waals surface area (Å²) >= 11 is 11.6. The summed E-state index contributed by atoms with van der Waals surface area (Å²) in [6, 6.07) is 6.03. The van der Waals surface area contributed by atoms with Gasteiger partial charge < -0.3 is 9.80 Å². The Balaban J connectivity index is 2.01. The topological polar surface area (TPSA) is 23.6 Å². The summed E-state index contributed by atoms with van der Waals surface area (Å²) < 4.78 is 0. The molecule has 0 atom stereocenters. The Morgan fingerprint density at radius 2 is 1.94 bits per heavy atom. The second kappa shape index (κ2) is 5.81. The van der Waals surface area contributed by atoms with E-state index in [1.54, 1.807) is 0 Å². The first-order chi connectivity index (χ1) is 8.61. The molecule has 0 aromatic heterocycles. The number of alkyl halides is 1. The molecule has 0 bridgehead atoms. The minimum Gasteiger partial charge on any atom is -0.368 e. The van der Waals surface area contributed by atoms with Gasteiger partial charge in [-0.25, -0.2) is 0 Å². The molecule has 0 unspecified atom stereocenters. The number of benzene rings is 1. The van der Waals surface area contributed by atoms with Crippen LogP contribution >= 0.6 is 23.2 Å². The Morgan fingerprint density at radius 3 is 2.50 bits per heavy atom. The molecule has 2 rings (SSSR count). The summed E-state index contributed by atoms with van der Waals surface area (Å²) in [5.74, 6) is 0.0867. The molecule has 3 nitrogen and oxygen atoms in total. The molecule has 1 saturated heterocycles. The normalized spacial score (nSPS) is 15.9. The SMILES string of the molecule is Cc1cc(N2CCN(C(=O)CCl)CC2)ccc1Cl. The van der Waals surface area contributed by atoms with E-state index in [1.165, 1.54) is 0 Å². The van der Waals surface area contributed by atoms with Crippen molar-refractivity contribution in [2.45, 2.75) is 6.92 Å². The molecule has 0 spiro atoms. The molecule has 1 aliphatic heterocycles. The third-order valence-corrected chi connectivity index (χ3v) is 3.91.